The Hall–Kier alpha value is -2.69. The van der Waals surface area contributed by atoms with Gasteiger partial charge >= 0.3 is 0 Å². The fourth-order valence-corrected chi connectivity index (χ4v) is 3.38. The number of amides is 1. The normalized spacial score (nSPS) is 14.2. The first-order valence-corrected chi connectivity index (χ1v) is 9.35. The SMILES string of the molecule is CCN(C(=O)c1cc(C2CC2)nc2c1cnn2C(C)C)c1ccccc1. The maximum absolute atomic E-state index is 13.4. The average molecular weight is 348 g/mol. The van der Waals surface area contributed by atoms with Crippen LogP contribution in [0, 0.1) is 0 Å². The van der Waals surface area contributed by atoms with E-state index < -0.39 is 0 Å². The average Bonchev–Trinajstić information content (AvgIpc) is 3.41. The second kappa shape index (κ2) is 6.56. The molecule has 1 fully saturated rings. The number of para-hydroxylation sites is 1. The summed E-state index contributed by atoms with van der Waals surface area (Å²) >= 11 is 0. The molecule has 0 unspecified atom stereocenters. The molecule has 1 aliphatic rings. The molecule has 1 amide bonds. The highest BCUT2D eigenvalue weighted by atomic mass is 16.2. The van der Waals surface area contributed by atoms with Crippen molar-refractivity contribution in [1.82, 2.24) is 14.8 Å². The van der Waals surface area contributed by atoms with Crippen molar-refractivity contribution >= 4 is 22.6 Å². The molecule has 1 aliphatic carbocycles. The minimum Gasteiger partial charge on any atom is -0.309 e. The van der Waals surface area contributed by atoms with Crippen molar-refractivity contribution in [1.29, 1.82) is 0 Å². The number of rotatable bonds is 5. The van der Waals surface area contributed by atoms with E-state index in [0.717, 1.165) is 35.3 Å². The Kier molecular flexibility index (Phi) is 4.23. The second-order valence-corrected chi connectivity index (χ2v) is 7.17. The van der Waals surface area contributed by atoms with Gasteiger partial charge in [0.25, 0.3) is 5.91 Å². The van der Waals surface area contributed by atoms with Gasteiger partial charge in [0.1, 0.15) is 0 Å². The van der Waals surface area contributed by atoms with Gasteiger partial charge in [0.05, 0.1) is 17.1 Å². The topological polar surface area (TPSA) is 51.0 Å². The van der Waals surface area contributed by atoms with Crippen molar-refractivity contribution < 1.29 is 4.79 Å². The standard InChI is InChI=1S/C21H24N4O/c1-4-24(16-8-6-5-7-9-16)21(26)17-12-19(15-10-11-15)23-20-18(17)13-22-25(20)14(2)3/h5-9,12-15H,4,10-11H2,1-3H3. The number of hydrogen-bond donors (Lipinski definition) is 0. The predicted octanol–water partition coefficient (Wildman–Crippen LogP) is 4.56. The first kappa shape index (κ1) is 16.8. The van der Waals surface area contributed by atoms with Gasteiger partial charge in [-0.3, -0.25) is 4.79 Å². The fourth-order valence-electron chi connectivity index (χ4n) is 3.38. The summed E-state index contributed by atoms with van der Waals surface area (Å²) in [7, 11) is 0. The highest BCUT2D eigenvalue weighted by molar-refractivity contribution is 6.13. The Morgan fingerprint density at radius 3 is 2.62 bits per heavy atom. The van der Waals surface area contributed by atoms with Crippen molar-refractivity contribution in [2.75, 3.05) is 11.4 Å². The highest BCUT2D eigenvalue weighted by Gasteiger charge is 2.29. The van der Waals surface area contributed by atoms with Crippen LogP contribution in [0.3, 0.4) is 0 Å². The van der Waals surface area contributed by atoms with Crippen LogP contribution in [0.5, 0.6) is 0 Å². The molecular formula is C21H24N4O. The second-order valence-electron chi connectivity index (χ2n) is 7.17. The van der Waals surface area contributed by atoms with Gasteiger partial charge in [0.15, 0.2) is 5.65 Å². The molecule has 0 radical (unpaired) electrons. The zero-order chi connectivity index (χ0) is 18.3. The van der Waals surface area contributed by atoms with Crippen LogP contribution in [-0.2, 0) is 0 Å². The molecule has 0 aliphatic heterocycles. The molecule has 3 aromatic rings. The number of carbonyl (C=O) groups excluding carboxylic acids is 1. The highest BCUT2D eigenvalue weighted by Crippen LogP contribution is 2.40. The van der Waals surface area contributed by atoms with Gasteiger partial charge in [-0.05, 0) is 51.8 Å². The lowest BCUT2D eigenvalue weighted by atomic mass is 10.1. The molecule has 0 spiro atoms. The van der Waals surface area contributed by atoms with Crippen molar-refractivity contribution in [2.24, 2.45) is 0 Å². The lowest BCUT2D eigenvalue weighted by Gasteiger charge is -2.22. The molecule has 134 valence electrons. The van der Waals surface area contributed by atoms with E-state index in [1.54, 1.807) is 6.20 Å². The number of nitrogens with zero attached hydrogens (tertiary/aromatic N) is 4. The minimum absolute atomic E-state index is 0.0105. The first-order chi connectivity index (χ1) is 12.6. The molecule has 2 heterocycles. The molecular weight excluding hydrogens is 324 g/mol. The Labute approximate surface area is 153 Å². The van der Waals surface area contributed by atoms with Crippen LogP contribution in [0.25, 0.3) is 11.0 Å². The summed E-state index contributed by atoms with van der Waals surface area (Å²) in [6.45, 7) is 6.79. The Balaban J connectivity index is 1.85. The van der Waals surface area contributed by atoms with Gasteiger partial charge in [-0.25, -0.2) is 9.67 Å². The van der Waals surface area contributed by atoms with E-state index in [1.807, 2.05) is 52.9 Å². The molecule has 4 rings (SSSR count). The molecule has 0 atom stereocenters. The number of aromatic nitrogens is 3. The number of carbonyl (C=O) groups is 1. The predicted molar refractivity (Wildman–Crippen MR) is 104 cm³/mol. The van der Waals surface area contributed by atoms with Crippen LogP contribution in [0.4, 0.5) is 5.69 Å². The van der Waals surface area contributed by atoms with Crippen LogP contribution < -0.4 is 4.90 Å². The molecule has 5 heteroatoms. The van der Waals surface area contributed by atoms with Crippen molar-refractivity contribution in [2.45, 2.75) is 45.6 Å². The van der Waals surface area contributed by atoms with Crippen LogP contribution in [0.2, 0.25) is 0 Å². The third kappa shape index (κ3) is 2.87. The molecule has 0 N–H and O–H groups in total. The Bertz CT molecular complexity index is 941. The molecule has 0 saturated heterocycles. The van der Waals surface area contributed by atoms with E-state index in [0.29, 0.717) is 18.0 Å². The van der Waals surface area contributed by atoms with Gasteiger partial charge < -0.3 is 4.90 Å². The van der Waals surface area contributed by atoms with Crippen LogP contribution in [0.15, 0.2) is 42.6 Å². The van der Waals surface area contributed by atoms with Gasteiger partial charge in [-0.2, -0.15) is 5.10 Å². The van der Waals surface area contributed by atoms with E-state index in [1.165, 1.54) is 0 Å². The smallest absolute Gasteiger partial charge is 0.259 e. The fraction of sp³-hybridized carbons (Fsp3) is 0.381. The maximum atomic E-state index is 13.4. The van der Waals surface area contributed by atoms with Gasteiger partial charge in [-0.15, -0.1) is 0 Å². The number of fused-ring (bicyclic) bond motifs is 1. The van der Waals surface area contributed by atoms with E-state index in [-0.39, 0.29) is 11.9 Å². The van der Waals surface area contributed by atoms with Gasteiger partial charge in [0.2, 0.25) is 0 Å². The summed E-state index contributed by atoms with van der Waals surface area (Å²) in [5.74, 6) is 0.490. The molecule has 26 heavy (non-hydrogen) atoms. The van der Waals surface area contributed by atoms with Crippen LogP contribution in [-0.4, -0.2) is 27.2 Å². The first-order valence-electron chi connectivity index (χ1n) is 9.35. The van der Waals surface area contributed by atoms with Crippen LogP contribution in [0.1, 0.15) is 61.6 Å². The number of anilines is 1. The minimum atomic E-state index is 0.0105. The van der Waals surface area contributed by atoms with E-state index >= 15 is 0 Å². The third-order valence-corrected chi connectivity index (χ3v) is 4.93. The molecule has 5 nitrogen and oxygen atoms in total. The Morgan fingerprint density at radius 2 is 2.00 bits per heavy atom. The zero-order valence-electron chi connectivity index (χ0n) is 15.5. The van der Waals surface area contributed by atoms with Gasteiger partial charge in [0, 0.05) is 29.9 Å². The van der Waals surface area contributed by atoms with Crippen molar-refractivity contribution in [3.63, 3.8) is 0 Å². The third-order valence-electron chi connectivity index (χ3n) is 4.93. The summed E-state index contributed by atoms with van der Waals surface area (Å²) in [5.41, 5.74) is 3.45. The number of pyridine rings is 1. The van der Waals surface area contributed by atoms with E-state index in [9.17, 15) is 4.79 Å². The molecule has 2 aromatic heterocycles. The number of benzene rings is 1. The maximum Gasteiger partial charge on any atom is 0.259 e. The summed E-state index contributed by atoms with van der Waals surface area (Å²) in [6.07, 6.45) is 4.08. The molecule has 0 bridgehead atoms. The quantitative estimate of drug-likeness (QED) is 0.679. The molecule has 1 aromatic carbocycles. The van der Waals surface area contributed by atoms with Gasteiger partial charge in [-0.1, -0.05) is 18.2 Å². The summed E-state index contributed by atoms with van der Waals surface area (Å²) in [5, 5.41) is 5.34. The lowest BCUT2D eigenvalue weighted by molar-refractivity contribution is 0.0989. The summed E-state index contributed by atoms with van der Waals surface area (Å²) < 4.78 is 1.91. The van der Waals surface area contributed by atoms with Crippen molar-refractivity contribution in [3.8, 4) is 0 Å². The lowest BCUT2D eigenvalue weighted by Crippen LogP contribution is -2.30. The summed E-state index contributed by atoms with van der Waals surface area (Å²) in [6, 6.07) is 12.0. The van der Waals surface area contributed by atoms with E-state index in [2.05, 4.69) is 18.9 Å². The number of hydrogen-bond acceptors (Lipinski definition) is 3. The Morgan fingerprint density at radius 1 is 1.27 bits per heavy atom. The largest absolute Gasteiger partial charge is 0.309 e. The van der Waals surface area contributed by atoms with Crippen LogP contribution >= 0.6 is 0 Å². The van der Waals surface area contributed by atoms with E-state index in [4.69, 9.17) is 4.98 Å². The zero-order valence-corrected chi connectivity index (χ0v) is 15.5. The molecule has 1 saturated carbocycles. The monoisotopic (exact) mass is 348 g/mol. The van der Waals surface area contributed by atoms with Crippen molar-refractivity contribution in [3.05, 3.63) is 53.9 Å². The summed E-state index contributed by atoms with van der Waals surface area (Å²) in [4.78, 5) is 20.1.